The molecule has 1 unspecified atom stereocenters. The van der Waals surface area contributed by atoms with Gasteiger partial charge in [0.15, 0.2) is 0 Å². The first-order valence-electron chi connectivity index (χ1n) is 10.5. The third-order valence-corrected chi connectivity index (χ3v) is 6.21. The highest BCUT2D eigenvalue weighted by molar-refractivity contribution is 7.12. The van der Waals surface area contributed by atoms with Crippen molar-refractivity contribution in [3.05, 3.63) is 52.3 Å². The van der Waals surface area contributed by atoms with Gasteiger partial charge in [-0.2, -0.15) is 0 Å². The van der Waals surface area contributed by atoms with Crippen LogP contribution in [-0.4, -0.2) is 39.8 Å². The lowest BCUT2D eigenvalue weighted by atomic mass is 10.0. The van der Waals surface area contributed by atoms with Crippen molar-refractivity contribution in [2.45, 2.75) is 45.3 Å². The molecule has 6 heteroatoms. The molecule has 1 atom stereocenters. The van der Waals surface area contributed by atoms with Crippen molar-refractivity contribution in [1.82, 2.24) is 9.88 Å². The monoisotopic (exact) mass is 434 g/mol. The maximum Gasteiger partial charge on any atom is 0.410 e. The highest BCUT2D eigenvalue weighted by Gasteiger charge is 2.35. The number of benzene rings is 2. The Morgan fingerprint density at radius 1 is 1.26 bits per heavy atom. The van der Waals surface area contributed by atoms with Gasteiger partial charge in [-0.15, -0.1) is 11.3 Å². The molecule has 1 aliphatic rings. The largest absolute Gasteiger partial charge is 0.444 e. The zero-order chi connectivity index (χ0) is 22.0. The van der Waals surface area contributed by atoms with Crippen molar-refractivity contribution in [2.75, 3.05) is 13.2 Å². The summed E-state index contributed by atoms with van der Waals surface area (Å²) in [5.41, 5.74) is 1.26. The minimum absolute atomic E-state index is 0.127. The standard InChI is InChI=1S/C25H26N2O3S/c1-25(2,3)30-24(29)27-15-7-13-20(27)23-26-22(21(31-23)14-8-16-28)19-12-6-10-17-9-4-5-11-18(17)19/h4-6,9-12,20,28H,7,13,15-16H2,1-3H3. The molecule has 1 aliphatic heterocycles. The van der Waals surface area contributed by atoms with Crippen LogP contribution in [0, 0.1) is 11.8 Å². The molecule has 1 aromatic heterocycles. The lowest BCUT2D eigenvalue weighted by molar-refractivity contribution is 0.0224. The smallest absolute Gasteiger partial charge is 0.410 e. The van der Waals surface area contributed by atoms with Crippen LogP contribution in [-0.2, 0) is 4.74 Å². The van der Waals surface area contributed by atoms with E-state index in [2.05, 4.69) is 30.0 Å². The number of hydrogen-bond donors (Lipinski definition) is 1. The molecule has 0 spiro atoms. The summed E-state index contributed by atoms with van der Waals surface area (Å²) in [5.74, 6) is 5.84. The number of likely N-dealkylation sites (tertiary alicyclic amines) is 1. The minimum Gasteiger partial charge on any atom is -0.444 e. The second-order valence-electron chi connectivity index (χ2n) is 8.55. The number of aliphatic hydroxyl groups excluding tert-OH is 1. The molecular formula is C25H26N2O3S. The zero-order valence-corrected chi connectivity index (χ0v) is 18.8. The zero-order valence-electron chi connectivity index (χ0n) is 18.0. The number of aliphatic hydroxyl groups is 1. The van der Waals surface area contributed by atoms with Gasteiger partial charge in [-0.25, -0.2) is 9.78 Å². The highest BCUT2D eigenvalue weighted by Crippen LogP contribution is 2.40. The molecule has 1 N–H and O–H groups in total. The van der Waals surface area contributed by atoms with Crippen LogP contribution in [0.3, 0.4) is 0 Å². The maximum atomic E-state index is 12.8. The fourth-order valence-corrected chi connectivity index (χ4v) is 4.96. The Hall–Kier alpha value is -2.88. The molecule has 1 saturated heterocycles. The molecule has 5 nitrogen and oxygen atoms in total. The van der Waals surface area contributed by atoms with Crippen molar-refractivity contribution in [2.24, 2.45) is 0 Å². The number of amides is 1. The van der Waals surface area contributed by atoms with Gasteiger partial charge < -0.3 is 9.84 Å². The van der Waals surface area contributed by atoms with E-state index in [-0.39, 0.29) is 18.7 Å². The molecular weight excluding hydrogens is 408 g/mol. The predicted molar refractivity (Wildman–Crippen MR) is 124 cm³/mol. The van der Waals surface area contributed by atoms with Gasteiger partial charge in [-0.3, -0.25) is 4.90 Å². The molecule has 3 aromatic rings. The lowest BCUT2D eigenvalue weighted by Gasteiger charge is -2.27. The Kier molecular flexibility index (Phi) is 5.99. The summed E-state index contributed by atoms with van der Waals surface area (Å²) in [6.45, 7) is 6.07. The van der Waals surface area contributed by atoms with Gasteiger partial charge >= 0.3 is 6.09 Å². The number of hydrogen-bond acceptors (Lipinski definition) is 5. The van der Waals surface area contributed by atoms with Gasteiger partial charge in [0.05, 0.1) is 11.7 Å². The van der Waals surface area contributed by atoms with Gasteiger partial charge in [0.2, 0.25) is 0 Å². The third-order valence-electron chi connectivity index (χ3n) is 5.14. The van der Waals surface area contributed by atoms with Crippen LogP contribution in [0.1, 0.15) is 49.5 Å². The quantitative estimate of drug-likeness (QED) is 0.550. The topological polar surface area (TPSA) is 62.7 Å². The van der Waals surface area contributed by atoms with Crippen molar-refractivity contribution in [3.8, 4) is 23.1 Å². The molecule has 160 valence electrons. The minimum atomic E-state index is -0.543. The number of carbonyl (C=O) groups excluding carboxylic acids is 1. The predicted octanol–water partition coefficient (Wildman–Crippen LogP) is 5.38. The van der Waals surface area contributed by atoms with Crippen LogP contribution in [0.25, 0.3) is 22.0 Å². The van der Waals surface area contributed by atoms with Crippen LogP contribution in [0.5, 0.6) is 0 Å². The summed E-state index contributed by atoms with van der Waals surface area (Å²) in [4.78, 5) is 20.3. The summed E-state index contributed by atoms with van der Waals surface area (Å²) < 4.78 is 5.62. The van der Waals surface area contributed by atoms with E-state index in [0.717, 1.165) is 44.8 Å². The Morgan fingerprint density at radius 2 is 2.03 bits per heavy atom. The summed E-state index contributed by atoms with van der Waals surface area (Å²) in [6.07, 6.45) is 1.44. The number of rotatable bonds is 2. The lowest BCUT2D eigenvalue weighted by Crippen LogP contribution is -2.36. The van der Waals surface area contributed by atoms with E-state index in [0.29, 0.717) is 6.54 Å². The van der Waals surface area contributed by atoms with Gasteiger partial charge in [0, 0.05) is 12.1 Å². The molecule has 0 bridgehead atoms. The van der Waals surface area contributed by atoms with E-state index >= 15 is 0 Å². The number of carbonyl (C=O) groups is 1. The van der Waals surface area contributed by atoms with E-state index in [9.17, 15) is 9.90 Å². The van der Waals surface area contributed by atoms with Crippen LogP contribution < -0.4 is 0 Å². The fourth-order valence-electron chi connectivity index (χ4n) is 3.86. The van der Waals surface area contributed by atoms with E-state index < -0.39 is 5.60 Å². The van der Waals surface area contributed by atoms with E-state index in [1.165, 1.54) is 11.3 Å². The SMILES string of the molecule is CC(C)(C)OC(=O)N1CCCC1c1nc(-c2cccc3ccccc23)c(C#CCO)s1. The number of thiazole rings is 1. The Morgan fingerprint density at radius 3 is 2.81 bits per heavy atom. The normalized spacial score (nSPS) is 16.3. The van der Waals surface area contributed by atoms with Crippen LogP contribution in [0.4, 0.5) is 4.79 Å². The van der Waals surface area contributed by atoms with Gasteiger partial charge in [0.25, 0.3) is 0 Å². The summed E-state index contributed by atoms with van der Waals surface area (Å²) in [5, 5.41) is 12.3. The van der Waals surface area contributed by atoms with Crippen molar-refractivity contribution >= 4 is 28.2 Å². The van der Waals surface area contributed by atoms with E-state index in [4.69, 9.17) is 9.72 Å². The Labute approximate surface area is 186 Å². The molecule has 0 saturated carbocycles. The van der Waals surface area contributed by atoms with Crippen molar-refractivity contribution < 1.29 is 14.6 Å². The number of nitrogens with zero attached hydrogens (tertiary/aromatic N) is 2. The summed E-state index contributed by atoms with van der Waals surface area (Å²) >= 11 is 1.49. The molecule has 4 rings (SSSR count). The van der Waals surface area contributed by atoms with Crippen molar-refractivity contribution in [3.63, 3.8) is 0 Å². The summed E-state index contributed by atoms with van der Waals surface area (Å²) in [7, 11) is 0. The van der Waals surface area contributed by atoms with Crippen LogP contribution in [0.2, 0.25) is 0 Å². The fraction of sp³-hybridized carbons (Fsp3) is 0.360. The molecule has 1 fully saturated rings. The third kappa shape index (κ3) is 4.58. The first-order chi connectivity index (χ1) is 14.9. The van der Waals surface area contributed by atoms with Gasteiger partial charge in [-0.1, -0.05) is 54.3 Å². The molecule has 31 heavy (non-hydrogen) atoms. The first-order valence-corrected chi connectivity index (χ1v) is 11.3. The highest BCUT2D eigenvalue weighted by atomic mass is 32.1. The average molecular weight is 435 g/mol. The Bertz CT molecular complexity index is 1160. The van der Waals surface area contributed by atoms with E-state index in [1.807, 2.05) is 45.0 Å². The molecule has 2 aromatic carbocycles. The summed E-state index contributed by atoms with van der Waals surface area (Å²) in [6, 6.07) is 14.2. The van der Waals surface area contributed by atoms with Crippen molar-refractivity contribution in [1.29, 1.82) is 0 Å². The second-order valence-corrected chi connectivity index (χ2v) is 9.58. The molecule has 1 amide bonds. The van der Waals surface area contributed by atoms with Gasteiger partial charge in [-0.05, 0) is 44.4 Å². The second kappa shape index (κ2) is 8.70. The molecule has 0 aliphatic carbocycles. The number of aromatic nitrogens is 1. The average Bonchev–Trinajstić information content (AvgIpc) is 3.37. The maximum absolute atomic E-state index is 12.8. The first kappa shape index (κ1) is 21.4. The number of ether oxygens (including phenoxy) is 1. The van der Waals surface area contributed by atoms with Gasteiger partial charge in [0.1, 0.15) is 22.1 Å². The van der Waals surface area contributed by atoms with Crippen LogP contribution >= 0.6 is 11.3 Å². The van der Waals surface area contributed by atoms with E-state index in [1.54, 1.807) is 4.90 Å². The molecule has 0 radical (unpaired) electrons. The molecule has 2 heterocycles. The van der Waals surface area contributed by atoms with Crippen LogP contribution in [0.15, 0.2) is 42.5 Å². The number of fused-ring (bicyclic) bond motifs is 1. The Balaban J connectivity index is 1.77.